The summed E-state index contributed by atoms with van der Waals surface area (Å²) in [5.41, 5.74) is 7.99. The van der Waals surface area contributed by atoms with Gasteiger partial charge in [-0.05, 0) is 11.1 Å². The largest absolute Gasteiger partial charge is 0.455 e. The lowest BCUT2D eigenvalue weighted by molar-refractivity contribution is -0.160. The van der Waals surface area contributed by atoms with Crippen LogP contribution in [0.15, 0.2) is 73.3 Å². The van der Waals surface area contributed by atoms with Gasteiger partial charge in [-0.1, -0.05) is 60.7 Å². The number of hydrogen-bond acceptors (Lipinski definition) is 11. The van der Waals surface area contributed by atoms with Crippen LogP contribution in [-0.4, -0.2) is 84.5 Å². The molecule has 44 heavy (non-hydrogen) atoms. The van der Waals surface area contributed by atoms with Crippen molar-refractivity contribution < 1.29 is 34.1 Å². The molecule has 14 heteroatoms. The molecule has 0 aliphatic carbocycles. The minimum absolute atomic E-state index is 0.0583. The molecule has 5 rings (SSSR count). The molecule has 230 valence electrons. The molecule has 6 atom stereocenters. The second-order valence-electron chi connectivity index (χ2n) is 10.4. The highest BCUT2D eigenvalue weighted by Crippen LogP contribution is 2.33. The summed E-state index contributed by atoms with van der Waals surface area (Å²) in [5, 5.41) is 26.7. The third-order valence-corrected chi connectivity index (χ3v) is 7.26. The van der Waals surface area contributed by atoms with E-state index in [4.69, 9.17) is 15.2 Å². The Morgan fingerprint density at radius 2 is 1.61 bits per heavy atom. The Balaban J connectivity index is 1.36. The number of rotatable bonds is 11. The number of esters is 1. The van der Waals surface area contributed by atoms with Crippen molar-refractivity contribution in [3.63, 3.8) is 0 Å². The number of aliphatic hydroxyl groups excluding tert-OH is 2. The van der Waals surface area contributed by atoms with Crippen molar-refractivity contribution in [3.8, 4) is 0 Å². The Labute approximate surface area is 252 Å². The van der Waals surface area contributed by atoms with Gasteiger partial charge < -0.3 is 36.1 Å². The number of benzene rings is 2. The van der Waals surface area contributed by atoms with Crippen LogP contribution in [0.25, 0.3) is 11.2 Å². The van der Waals surface area contributed by atoms with Crippen LogP contribution in [0, 0.1) is 0 Å². The van der Waals surface area contributed by atoms with E-state index in [2.05, 4.69) is 25.6 Å². The van der Waals surface area contributed by atoms with E-state index in [9.17, 15) is 24.6 Å². The number of carbonyl (C=O) groups is 3. The van der Waals surface area contributed by atoms with E-state index in [1.807, 2.05) is 36.4 Å². The average molecular weight is 604 g/mol. The van der Waals surface area contributed by atoms with Gasteiger partial charge in [-0.25, -0.2) is 19.7 Å². The highest BCUT2D eigenvalue weighted by atomic mass is 16.6. The molecule has 4 aromatic rings. The van der Waals surface area contributed by atoms with E-state index in [0.717, 1.165) is 11.1 Å². The zero-order chi connectivity index (χ0) is 31.2. The van der Waals surface area contributed by atoms with Gasteiger partial charge in [0.05, 0.1) is 12.9 Å². The first-order valence-electron chi connectivity index (χ1n) is 14.0. The number of nitrogens with two attached hydrogens (primary N) is 1. The summed E-state index contributed by atoms with van der Waals surface area (Å²) in [6.07, 6.45) is -2.13. The quantitative estimate of drug-likeness (QED) is 0.145. The molecule has 1 fully saturated rings. The highest BCUT2D eigenvalue weighted by molar-refractivity contribution is 5.90. The van der Waals surface area contributed by atoms with Gasteiger partial charge >= 0.3 is 5.97 Å². The molecule has 1 saturated heterocycles. The van der Waals surface area contributed by atoms with Crippen LogP contribution in [0.4, 0.5) is 5.82 Å². The number of aliphatic hydroxyl groups is 2. The molecule has 0 spiro atoms. The van der Waals surface area contributed by atoms with E-state index >= 15 is 0 Å². The first kappa shape index (κ1) is 30.5. The minimum atomic E-state index is -1.44. The van der Waals surface area contributed by atoms with Gasteiger partial charge in [0.25, 0.3) is 0 Å². The van der Waals surface area contributed by atoms with E-state index in [0.29, 0.717) is 5.52 Å². The van der Waals surface area contributed by atoms with Crippen LogP contribution in [0.2, 0.25) is 0 Å². The van der Waals surface area contributed by atoms with Crippen molar-refractivity contribution in [2.75, 3.05) is 12.3 Å². The summed E-state index contributed by atoms with van der Waals surface area (Å²) in [4.78, 5) is 51.4. The van der Waals surface area contributed by atoms with Crippen LogP contribution in [-0.2, 0) is 36.7 Å². The molecule has 0 saturated carbocycles. The number of ether oxygens (including phenoxy) is 2. The molecule has 6 N–H and O–H groups in total. The molecule has 0 bridgehead atoms. The van der Waals surface area contributed by atoms with Crippen LogP contribution in [0.5, 0.6) is 0 Å². The summed E-state index contributed by atoms with van der Waals surface area (Å²) < 4.78 is 13.0. The molecule has 2 aromatic heterocycles. The number of imidazole rings is 1. The second kappa shape index (κ2) is 13.6. The fourth-order valence-electron chi connectivity index (χ4n) is 5.13. The lowest BCUT2D eigenvalue weighted by atomic mass is 10.0. The first-order chi connectivity index (χ1) is 21.2. The van der Waals surface area contributed by atoms with E-state index in [1.54, 1.807) is 24.3 Å². The topological polar surface area (TPSA) is 204 Å². The molecule has 3 heterocycles. The van der Waals surface area contributed by atoms with Gasteiger partial charge in [-0.3, -0.25) is 14.2 Å². The van der Waals surface area contributed by atoms with Crippen molar-refractivity contribution in [1.29, 1.82) is 0 Å². The Bertz CT molecular complexity index is 1600. The smallest absolute Gasteiger partial charge is 0.329 e. The Hall–Kier alpha value is -4.92. The van der Waals surface area contributed by atoms with Gasteiger partial charge in [-0.2, -0.15) is 0 Å². The molecule has 2 aromatic carbocycles. The van der Waals surface area contributed by atoms with Gasteiger partial charge in [0.2, 0.25) is 11.8 Å². The van der Waals surface area contributed by atoms with Gasteiger partial charge in [0, 0.05) is 19.8 Å². The number of fused-ring (bicyclic) bond motifs is 1. The Kier molecular flexibility index (Phi) is 9.43. The SMILES string of the molecule is CC(=O)N[C@@H](Cc1ccccc1)C(=O)N[C@@H](Cc1ccccc1)C(=O)O[C@H]1[C@@H](O)[C@H](n2cnc3c(N)ncnc32)O[C@@H]1CO. The normalized spacial score (nSPS) is 21.0. The standard InChI is InChI=1S/C30H33N7O7/c1-17(39)35-20(12-18-8-4-2-5-9-18)28(41)36-21(13-19-10-6-3-7-11-19)30(42)44-25-22(14-38)43-29(24(25)40)37-16-34-23-26(31)32-15-33-27(23)37/h2-11,15-16,20-22,24-25,29,38,40H,12-14H2,1H3,(H,35,39)(H,36,41)(H2,31,32,33)/t20-,21-,22+,24+,25+,29+/m0/s1. The summed E-state index contributed by atoms with van der Waals surface area (Å²) in [6, 6.07) is 15.9. The predicted molar refractivity (Wildman–Crippen MR) is 156 cm³/mol. The van der Waals surface area contributed by atoms with E-state index in [-0.39, 0.29) is 24.3 Å². The summed E-state index contributed by atoms with van der Waals surface area (Å²) in [7, 11) is 0. The second-order valence-corrected chi connectivity index (χ2v) is 10.4. The fourth-order valence-corrected chi connectivity index (χ4v) is 5.13. The Morgan fingerprint density at radius 3 is 2.23 bits per heavy atom. The van der Waals surface area contributed by atoms with Crippen LogP contribution >= 0.6 is 0 Å². The number of nitrogens with zero attached hydrogens (tertiary/aromatic N) is 4. The first-order valence-corrected chi connectivity index (χ1v) is 14.0. The third-order valence-electron chi connectivity index (χ3n) is 7.26. The summed E-state index contributed by atoms with van der Waals surface area (Å²) in [5.74, 6) is -1.74. The molecule has 0 radical (unpaired) electrons. The van der Waals surface area contributed by atoms with Crippen molar-refractivity contribution in [1.82, 2.24) is 30.2 Å². The van der Waals surface area contributed by atoms with Crippen molar-refractivity contribution in [3.05, 3.63) is 84.4 Å². The number of carbonyl (C=O) groups excluding carboxylic acids is 3. The maximum Gasteiger partial charge on any atom is 0.329 e. The van der Waals surface area contributed by atoms with E-state index < -0.39 is 61.0 Å². The van der Waals surface area contributed by atoms with Gasteiger partial charge in [-0.15, -0.1) is 0 Å². The number of aromatic nitrogens is 4. The predicted octanol–water partition coefficient (Wildman–Crippen LogP) is 0.0458. The molecular formula is C30H33N7O7. The summed E-state index contributed by atoms with van der Waals surface area (Å²) in [6.45, 7) is 0.727. The molecule has 14 nitrogen and oxygen atoms in total. The molecule has 1 aliphatic heterocycles. The third kappa shape index (κ3) is 6.83. The molecule has 0 unspecified atom stereocenters. The lowest BCUT2D eigenvalue weighted by Gasteiger charge is -2.26. The lowest BCUT2D eigenvalue weighted by Crippen LogP contribution is -2.54. The zero-order valence-corrected chi connectivity index (χ0v) is 23.8. The van der Waals surface area contributed by atoms with Crippen LogP contribution in [0.1, 0.15) is 24.3 Å². The monoisotopic (exact) mass is 603 g/mol. The maximum atomic E-state index is 13.7. The highest BCUT2D eigenvalue weighted by Gasteiger charge is 2.48. The van der Waals surface area contributed by atoms with Crippen molar-refractivity contribution in [2.45, 2.75) is 56.4 Å². The molecular weight excluding hydrogens is 570 g/mol. The number of nitrogen functional groups attached to an aromatic ring is 1. The van der Waals surface area contributed by atoms with Gasteiger partial charge in [0.1, 0.15) is 36.1 Å². The van der Waals surface area contributed by atoms with Crippen LogP contribution in [0.3, 0.4) is 0 Å². The van der Waals surface area contributed by atoms with Crippen molar-refractivity contribution >= 4 is 34.8 Å². The van der Waals surface area contributed by atoms with Crippen LogP contribution < -0.4 is 16.4 Å². The number of amides is 2. The van der Waals surface area contributed by atoms with Crippen molar-refractivity contribution in [2.24, 2.45) is 0 Å². The number of nitrogens with one attached hydrogen (secondary N) is 2. The fraction of sp³-hybridized carbons (Fsp3) is 0.333. The minimum Gasteiger partial charge on any atom is -0.455 e. The Morgan fingerprint density at radius 1 is 0.977 bits per heavy atom. The zero-order valence-electron chi connectivity index (χ0n) is 23.8. The van der Waals surface area contributed by atoms with E-state index in [1.165, 1.54) is 24.1 Å². The summed E-state index contributed by atoms with van der Waals surface area (Å²) >= 11 is 0. The molecule has 1 aliphatic rings. The number of hydrogen-bond donors (Lipinski definition) is 5. The average Bonchev–Trinajstić information content (AvgIpc) is 3.58. The number of anilines is 1. The molecule has 2 amide bonds. The maximum absolute atomic E-state index is 13.7. The van der Waals surface area contributed by atoms with Gasteiger partial charge in [0.15, 0.2) is 23.8 Å².